The number of ether oxygens (including phenoxy) is 4. The minimum absolute atomic E-state index is 0.181. The molecule has 0 radical (unpaired) electrons. The van der Waals surface area contributed by atoms with Crippen molar-refractivity contribution in [3.8, 4) is 24.7 Å². The molecule has 2 aromatic carbocycles. The lowest BCUT2D eigenvalue weighted by molar-refractivity contribution is -0.0383. The van der Waals surface area contributed by atoms with Gasteiger partial charge in [0.1, 0.15) is 25.2 Å². The fraction of sp³-hybridized carbons (Fsp3) is 0.561. The first-order chi connectivity index (χ1) is 36.2. The molecule has 18 heteroatoms. The quantitative estimate of drug-likeness (QED) is 0.0977. The van der Waals surface area contributed by atoms with E-state index < -0.39 is 53.3 Å². The van der Waals surface area contributed by atoms with Gasteiger partial charge >= 0.3 is 17.5 Å². The summed E-state index contributed by atoms with van der Waals surface area (Å²) in [6.07, 6.45) is 19.8. The van der Waals surface area contributed by atoms with E-state index in [9.17, 15) is 29.1 Å². The van der Waals surface area contributed by atoms with E-state index in [1.807, 2.05) is 50.2 Å². The van der Waals surface area contributed by atoms with Crippen molar-refractivity contribution in [2.45, 2.75) is 154 Å². The number of piperidine rings is 2. The minimum Gasteiger partial charge on any atom is -0.433 e. The van der Waals surface area contributed by atoms with E-state index in [0.29, 0.717) is 49.5 Å². The number of aliphatic hydroxyl groups excluding tert-OH is 1. The Kier molecular flexibility index (Phi) is 20.9. The second-order valence-electron chi connectivity index (χ2n) is 20.3. The van der Waals surface area contributed by atoms with E-state index in [2.05, 4.69) is 54.0 Å². The Bertz CT molecular complexity index is 2810. The molecule has 4 unspecified atom stereocenters. The van der Waals surface area contributed by atoms with Gasteiger partial charge in [-0.05, 0) is 101 Å². The van der Waals surface area contributed by atoms with Gasteiger partial charge < -0.3 is 29.4 Å². The summed E-state index contributed by atoms with van der Waals surface area (Å²) in [7, 11) is 0. The zero-order chi connectivity index (χ0) is 53.4. The highest BCUT2D eigenvalue weighted by atomic mass is 16.7. The van der Waals surface area contributed by atoms with Crippen LogP contribution in [0.2, 0.25) is 0 Å². The van der Waals surface area contributed by atoms with Crippen molar-refractivity contribution < 1.29 is 28.8 Å². The molecule has 0 amide bonds. The number of rotatable bonds is 14. The summed E-state index contributed by atoms with van der Waals surface area (Å²) in [6.45, 7) is 16.4. The lowest BCUT2D eigenvalue weighted by Crippen LogP contribution is -2.54. The first kappa shape index (κ1) is 56.6. The van der Waals surface area contributed by atoms with E-state index in [1.54, 1.807) is 13.8 Å². The predicted molar refractivity (Wildman–Crippen MR) is 286 cm³/mol. The molecule has 0 spiro atoms. The number of hydrogen-bond donors (Lipinski definition) is 4. The Morgan fingerprint density at radius 1 is 0.773 bits per heavy atom. The Morgan fingerprint density at radius 3 is 1.96 bits per heavy atom. The fourth-order valence-corrected chi connectivity index (χ4v) is 10.5. The highest BCUT2D eigenvalue weighted by molar-refractivity contribution is 5.60. The largest absolute Gasteiger partial charge is 0.508 e. The summed E-state index contributed by atoms with van der Waals surface area (Å²) in [6, 6.07) is 17.6. The number of carbonyl (C=O) groups is 1. The van der Waals surface area contributed by atoms with Gasteiger partial charge in [-0.25, -0.2) is 14.4 Å². The lowest BCUT2D eigenvalue weighted by atomic mass is 9.99. The van der Waals surface area contributed by atoms with Gasteiger partial charge in [0.15, 0.2) is 0 Å². The molecule has 5 aliphatic rings. The molecule has 0 saturated carbocycles. The van der Waals surface area contributed by atoms with Gasteiger partial charge in [-0.15, -0.1) is 12.8 Å². The number of H-pyrrole nitrogens is 2. The number of piperazine rings is 1. The van der Waals surface area contributed by atoms with Crippen LogP contribution in [0.4, 0.5) is 4.79 Å². The number of aryl methyl sites for hydroxylation is 2. The second kappa shape index (κ2) is 27.6. The van der Waals surface area contributed by atoms with Crippen LogP contribution in [0.25, 0.3) is 0 Å². The Balaban J connectivity index is 0.000000188. The third-order valence-corrected chi connectivity index (χ3v) is 14.8. The van der Waals surface area contributed by atoms with Crippen molar-refractivity contribution in [1.82, 2.24) is 39.1 Å². The van der Waals surface area contributed by atoms with Crippen LogP contribution in [0.3, 0.4) is 0 Å². The van der Waals surface area contributed by atoms with Crippen LogP contribution in [-0.4, -0.2) is 134 Å². The van der Waals surface area contributed by atoms with Crippen LogP contribution in [0.5, 0.6) is 0 Å². The molecule has 7 heterocycles. The maximum absolute atomic E-state index is 12.6. The number of aromatic nitrogens is 4. The fourth-order valence-electron chi connectivity index (χ4n) is 10.5. The van der Waals surface area contributed by atoms with Crippen molar-refractivity contribution in [2.75, 3.05) is 52.4 Å². The molecule has 4 aromatic rings. The zero-order valence-electron chi connectivity index (χ0n) is 44.0. The molecule has 2 aromatic heterocycles. The van der Waals surface area contributed by atoms with Crippen molar-refractivity contribution in [3.05, 3.63) is 136 Å². The summed E-state index contributed by atoms with van der Waals surface area (Å²) < 4.78 is 25.3. The van der Waals surface area contributed by atoms with Gasteiger partial charge in [-0.2, -0.15) is 0 Å². The molecule has 75 heavy (non-hydrogen) atoms. The van der Waals surface area contributed by atoms with Crippen molar-refractivity contribution in [2.24, 2.45) is 0 Å². The lowest BCUT2D eigenvalue weighted by Gasteiger charge is -2.44. The van der Waals surface area contributed by atoms with Crippen molar-refractivity contribution >= 4 is 6.16 Å². The molecular weight excluding hydrogens is 957 g/mol. The van der Waals surface area contributed by atoms with Crippen molar-refractivity contribution in [1.29, 1.82) is 0 Å². The van der Waals surface area contributed by atoms with E-state index >= 15 is 0 Å². The molecule has 404 valence electrons. The molecule has 9 rings (SSSR count). The Labute approximate surface area is 439 Å². The SMILES string of the molecule is C#Cc1ccc(CN(CCOC(=O)OC2C[C@H](n3cc(C)c(=O)[nH]c3=O)O[C@@H]2CC)CC2CCCCN2)cc1.C#Cc1ccc(CN2CCN3CCCCC3C2)cc1.CC[C@H]1O[C@@H](n2cc(C)c(=O)[nH]c2=O)CC1O. The number of carbonyl (C=O) groups excluding carboxylic acids is 1. The van der Waals surface area contributed by atoms with E-state index in [0.717, 1.165) is 48.8 Å². The number of hydrogen-bond acceptors (Lipinski definition) is 14. The van der Waals surface area contributed by atoms with Gasteiger partial charge in [0, 0.05) is 105 Å². The van der Waals surface area contributed by atoms with Gasteiger partial charge in [-0.3, -0.25) is 43.4 Å². The highest BCUT2D eigenvalue weighted by Crippen LogP contribution is 2.32. The summed E-state index contributed by atoms with van der Waals surface area (Å²) in [5.74, 6) is 5.32. The van der Waals surface area contributed by atoms with E-state index in [1.165, 1.54) is 85.4 Å². The highest BCUT2D eigenvalue weighted by Gasteiger charge is 2.39. The van der Waals surface area contributed by atoms with Crippen LogP contribution >= 0.6 is 0 Å². The van der Waals surface area contributed by atoms with E-state index in [-0.39, 0.29) is 25.2 Å². The van der Waals surface area contributed by atoms with Gasteiger partial charge in [0.25, 0.3) is 11.1 Å². The first-order valence-electron chi connectivity index (χ1n) is 26.7. The van der Waals surface area contributed by atoms with Crippen molar-refractivity contribution in [3.63, 3.8) is 0 Å². The molecular formula is C57H76N8O10. The second-order valence-corrected chi connectivity index (χ2v) is 20.3. The van der Waals surface area contributed by atoms with Crippen LogP contribution in [0.1, 0.15) is 124 Å². The van der Waals surface area contributed by atoms with E-state index in [4.69, 9.17) is 31.8 Å². The van der Waals surface area contributed by atoms with Crippen LogP contribution in [0, 0.1) is 38.5 Å². The average Bonchev–Trinajstić information content (AvgIpc) is 4.01. The number of terminal acetylenes is 2. The number of aliphatic hydroxyl groups is 1. The van der Waals surface area contributed by atoms with Gasteiger partial charge in [0.05, 0.1) is 18.3 Å². The average molecular weight is 1030 g/mol. The summed E-state index contributed by atoms with van der Waals surface area (Å²) in [4.78, 5) is 71.5. The van der Waals surface area contributed by atoms with Gasteiger partial charge in [-0.1, -0.05) is 62.8 Å². The minimum atomic E-state index is -0.762. The predicted octanol–water partition coefficient (Wildman–Crippen LogP) is 4.93. The third kappa shape index (κ3) is 16.0. The molecule has 5 saturated heterocycles. The number of nitrogens with zero attached hydrogens (tertiary/aromatic N) is 5. The maximum atomic E-state index is 12.6. The molecule has 0 bridgehead atoms. The van der Waals surface area contributed by atoms with Crippen LogP contribution in [-0.2, 0) is 32.0 Å². The number of aromatic amines is 2. The molecule has 18 nitrogen and oxygen atoms in total. The molecule has 8 atom stereocenters. The first-order valence-corrected chi connectivity index (χ1v) is 26.7. The topological polar surface area (TPSA) is 206 Å². The smallest absolute Gasteiger partial charge is 0.433 e. The van der Waals surface area contributed by atoms with Crippen LogP contribution in [0.15, 0.2) is 80.1 Å². The van der Waals surface area contributed by atoms with Gasteiger partial charge in [0.2, 0.25) is 0 Å². The zero-order valence-corrected chi connectivity index (χ0v) is 44.0. The maximum Gasteiger partial charge on any atom is 0.508 e. The standard InChI is InChI=1S/C29H38N4O6.C17H22N2.C11H16N2O4/c1-4-21-9-11-22(12-10-21)18-32(19-23-8-6-7-13-30-23)14-15-37-29(36)39-25-16-26(38-24(25)5-2)33-17-20(3)27(34)31-28(33)35;1-2-15-6-8-16(9-7-15)13-18-11-12-19-10-4-3-5-17(19)14-18;1-3-8-7(14)4-9(17-8)13-5-6(2)10(15)12-11(13)16/h1,9-12,17,23-26,30H,5-8,13-16,18-19H2,2-3H3,(H,31,34,35);1,6-9,17H,3-5,10-14H2;5,7-9,14H,3-4H2,1-2H3,(H,12,15,16)/t23?,24-,25?,26-;;7?,8-,9-/m1.1/s1. The molecule has 5 aliphatic heterocycles. The normalized spacial score (nSPS) is 24.6. The summed E-state index contributed by atoms with van der Waals surface area (Å²) in [5, 5.41) is 13.3. The third-order valence-electron chi connectivity index (χ3n) is 14.8. The molecule has 0 aliphatic carbocycles. The molecule has 5 fully saturated rings. The number of fused-ring (bicyclic) bond motifs is 1. The summed E-state index contributed by atoms with van der Waals surface area (Å²) in [5.41, 5.74) is 3.29. The summed E-state index contributed by atoms with van der Waals surface area (Å²) >= 11 is 0. The Morgan fingerprint density at radius 2 is 1.37 bits per heavy atom. The number of nitrogens with one attached hydrogen (secondary N) is 3. The number of benzene rings is 2. The Hall–Kier alpha value is -6.09. The van der Waals surface area contributed by atoms with Crippen LogP contribution < -0.4 is 27.8 Å². The monoisotopic (exact) mass is 1030 g/mol. The molecule has 4 N–H and O–H groups in total.